The number of anilines is 1. The zero-order valence-corrected chi connectivity index (χ0v) is 10.8. The monoisotopic (exact) mass is 330 g/mol. The van der Waals surface area contributed by atoms with Gasteiger partial charge in [0.15, 0.2) is 10.9 Å². The van der Waals surface area contributed by atoms with Crippen LogP contribution in [-0.2, 0) is 4.79 Å². The zero-order chi connectivity index (χ0) is 13.2. The van der Waals surface area contributed by atoms with E-state index in [1.54, 1.807) is 5.32 Å². The van der Waals surface area contributed by atoms with E-state index < -0.39 is 12.1 Å². The minimum atomic E-state index is -4.97. The highest BCUT2D eigenvalue weighted by Gasteiger charge is 2.39. The summed E-state index contributed by atoms with van der Waals surface area (Å²) in [7, 11) is 0. The number of carbonyl (C=O) groups excluding carboxylic acids is 2. The molecule has 17 heavy (non-hydrogen) atoms. The standard InChI is InChI=1S/C8H6BrF3N2O2S/c1-3-5(4(15)2-9)17-7(13-3)14-6(16)8(10,11)12/h2H2,1H3,(H,13,14,16). The molecule has 0 aliphatic rings. The third-order valence-electron chi connectivity index (χ3n) is 1.65. The summed E-state index contributed by atoms with van der Waals surface area (Å²) < 4.78 is 35.9. The second-order valence-electron chi connectivity index (χ2n) is 2.94. The van der Waals surface area contributed by atoms with Gasteiger partial charge in [-0.05, 0) is 6.92 Å². The third-order valence-corrected chi connectivity index (χ3v) is 3.27. The van der Waals surface area contributed by atoms with E-state index >= 15 is 0 Å². The molecule has 4 nitrogen and oxygen atoms in total. The van der Waals surface area contributed by atoms with Crippen LogP contribution in [0.2, 0.25) is 0 Å². The molecule has 0 atom stereocenters. The molecule has 0 aliphatic heterocycles. The summed E-state index contributed by atoms with van der Waals surface area (Å²) in [4.78, 5) is 25.8. The molecule has 0 saturated heterocycles. The fraction of sp³-hybridized carbons (Fsp3) is 0.375. The van der Waals surface area contributed by atoms with Crippen LogP contribution in [0.4, 0.5) is 18.3 Å². The third kappa shape index (κ3) is 3.50. The predicted molar refractivity (Wildman–Crippen MR) is 59.7 cm³/mol. The predicted octanol–water partition coefficient (Wildman–Crippen LogP) is 2.53. The highest BCUT2D eigenvalue weighted by molar-refractivity contribution is 9.09. The Hall–Kier alpha value is -0.960. The van der Waals surface area contributed by atoms with Crippen LogP contribution in [-0.4, -0.2) is 28.2 Å². The van der Waals surface area contributed by atoms with Gasteiger partial charge in [0.25, 0.3) is 0 Å². The van der Waals surface area contributed by atoms with E-state index in [1.165, 1.54) is 6.92 Å². The van der Waals surface area contributed by atoms with E-state index in [0.717, 1.165) is 0 Å². The molecule has 0 bridgehead atoms. The number of aromatic nitrogens is 1. The Morgan fingerprint density at radius 2 is 2.06 bits per heavy atom. The van der Waals surface area contributed by atoms with Gasteiger partial charge in [0, 0.05) is 0 Å². The lowest BCUT2D eigenvalue weighted by Crippen LogP contribution is -2.29. The molecule has 1 aromatic heterocycles. The van der Waals surface area contributed by atoms with Crippen molar-refractivity contribution in [2.75, 3.05) is 10.6 Å². The molecule has 1 amide bonds. The van der Waals surface area contributed by atoms with Crippen LogP contribution in [0, 0.1) is 6.92 Å². The summed E-state index contributed by atoms with van der Waals surface area (Å²) in [6.45, 7) is 1.48. The first kappa shape index (κ1) is 14.1. The number of carbonyl (C=O) groups is 2. The number of halogens is 4. The Kier molecular flexibility index (Phi) is 4.26. The molecule has 1 heterocycles. The first-order valence-corrected chi connectivity index (χ1v) is 6.14. The van der Waals surface area contributed by atoms with Crippen molar-refractivity contribution in [3.05, 3.63) is 10.6 Å². The normalized spacial score (nSPS) is 11.4. The van der Waals surface area contributed by atoms with Crippen LogP contribution in [0.5, 0.6) is 0 Å². The summed E-state index contributed by atoms with van der Waals surface area (Å²) in [6, 6.07) is 0. The van der Waals surface area contributed by atoms with Crippen LogP contribution >= 0.6 is 27.3 Å². The first-order valence-electron chi connectivity index (χ1n) is 4.20. The van der Waals surface area contributed by atoms with Crippen LogP contribution in [0.3, 0.4) is 0 Å². The summed E-state index contributed by atoms with van der Waals surface area (Å²) in [5.74, 6) is -2.41. The molecule has 0 unspecified atom stereocenters. The average Bonchev–Trinajstić information content (AvgIpc) is 2.57. The van der Waals surface area contributed by atoms with E-state index in [9.17, 15) is 22.8 Å². The van der Waals surface area contributed by atoms with E-state index in [0.29, 0.717) is 11.3 Å². The van der Waals surface area contributed by atoms with Crippen molar-refractivity contribution in [3.8, 4) is 0 Å². The van der Waals surface area contributed by atoms with Crippen LogP contribution in [0.15, 0.2) is 0 Å². The van der Waals surface area contributed by atoms with E-state index in [2.05, 4.69) is 20.9 Å². The van der Waals surface area contributed by atoms with E-state index in [-0.39, 0.29) is 26.8 Å². The smallest absolute Gasteiger partial charge is 0.294 e. The minimum Gasteiger partial charge on any atom is -0.294 e. The molecule has 0 spiro atoms. The second kappa shape index (κ2) is 5.13. The Morgan fingerprint density at radius 1 is 1.47 bits per heavy atom. The summed E-state index contributed by atoms with van der Waals surface area (Å²) >= 11 is 3.65. The largest absolute Gasteiger partial charge is 0.471 e. The number of thiazole rings is 1. The highest BCUT2D eigenvalue weighted by atomic mass is 79.9. The molecule has 0 saturated carbocycles. The number of hydrogen-bond acceptors (Lipinski definition) is 4. The van der Waals surface area contributed by atoms with Gasteiger partial charge in [-0.3, -0.25) is 14.9 Å². The Bertz CT molecular complexity index is 458. The molecule has 1 aromatic rings. The van der Waals surface area contributed by atoms with Crippen molar-refractivity contribution in [2.45, 2.75) is 13.1 Å². The van der Waals surface area contributed by atoms with Crippen molar-refractivity contribution in [1.29, 1.82) is 0 Å². The fourth-order valence-corrected chi connectivity index (χ4v) is 2.30. The molecule has 1 N–H and O–H groups in total. The van der Waals surface area contributed by atoms with Crippen LogP contribution < -0.4 is 5.32 Å². The van der Waals surface area contributed by atoms with Gasteiger partial charge in [-0.1, -0.05) is 27.3 Å². The molecule has 9 heteroatoms. The number of rotatable bonds is 3. The number of amides is 1. The zero-order valence-electron chi connectivity index (χ0n) is 8.39. The maximum Gasteiger partial charge on any atom is 0.471 e. The molecular weight excluding hydrogens is 325 g/mol. The maximum atomic E-state index is 12.0. The molecule has 0 aromatic carbocycles. The minimum absolute atomic E-state index is 0.0443. The lowest BCUT2D eigenvalue weighted by atomic mass is 10.3. The molecule has 0 aliphatic carbocycles. The molecule has 0 radical (unpaired) electrons. The number of ketones is 1. The van der Waals surface area contributed by atoms with Gasteiger partial charge in [0.2, 0.25) is 0 Å². The van der Waals surface area contributed by atoms with Crippen molar-refractivity contribution >= 4 is 44.1 Å². The summed E-state index contributed by atoms with van der Waals surface area (Å²) in [5, 5.41) is 1.40. The first-order chi connectivity index (χ1) is 7.75. The number of nitrogens with one attached hydrogen (secondary N) is 1. The molecular formula is C8H6BrF3N2O2S. The Labute approximate surface area is 106 Å². The molecule has 0 fully saturated rings. The van der Waals surface area contributed by atoms with Gasteiger partial charge < -0.3 is 0 Å². The summed E-state index contributed by atoms with van der Waals surface area (Å²) in [6.07, 6.45) is -4.97. The van der Waals surface area contributed by atoms with Crippen molar-refractivity contribution in [1.82, 2.24) is 4.98 Å². The van der Waals surface area contributed by atoms with Crippen LogP contribution in [0.25, 0.3) is 0 Å². The lowest BCUT2D eigenvalue weighted by molar-refractivity contribution is -0.167. The van der Waals surface area contributed by atoms with Crippen molar-refractivity contribution in [2.24, 2.45) is 0 Å². The Balaban J connectivity index is 2.88. The van der Waals surface area contributed by atoms with Gasteiger partial charge >= 0.3 is 12.1 Å². The number of alkyl halides is 4. The topological polar surface area (TPSA) is 59.1 Å². The van der Waals surface area contributed by atoms with Gasteiger partial charge in [0.1, 0.15) is 0 Å². The molecule has 1 rings (SSSR count). The highest BCUT2D eigenvalue weighted by Crippen LogP contribution is 2.25. The summed E-state index contributed by atoms with van der Waals surface area (Å²) in [5.41, 5.74) is 0.289. The quantitative estimate of drug-likeness (QED) is 0.684. The Morgan fingerprint density at radius 3 is 2.53 bits per heavy atom. The number of aryl methyl sites for hydroxylation is 1. The second-order valence-corrected chi connectivity index (χ2v) is 4.50. The van der Waals surface area contributed by atoms with E-state index in [1.807, 2.05) is 0 Å². The van der Waals surface area contributed by atoms with Gasteiger partial charge in [-0.15, -0.1) is 0 Å². The maximum absolute atomic E-state index is 12.0. The van der Waals surface area contributed by atoms with Gasteiger partial charge in [-0.2, -0.15) is 13.2 Å². The van der Waals surface area contributed by atoms with Crippen LogP contribution in [0.1, 0.15) is 15.4 Å². The van der Waals surface area contributed by atoms with E-state index in [4.69, 9.17) is 0 Å². The number of nitrogens with zero attached hydrogens (tertiary/aromatic N) is 1. The fourth-order valence-electron chi connectivity index (χ4n) is 0.937. The van der Waals surface area contributed by atoms with Gasteiger partial charge in [0.05, 0.1) is 15.9 Å². The SMILES string of the molecule is Cc1nc(NC(=O)C(F)(F)F)sc1C(=O)CBr. The number of hydrogen-bond donors (Lipinski definition) is 1. The molecule has 94 valence electrons. The average molecular weight is 331 g/mol. The van der Waals surface area contributed by atoms with Crippen molar-refractivity contribution in [3.63, 3.8) is 0 Å². The lowest BCUT2D eigenvalue weighted by Gasteiger charge is -2.03. The van der Waals surface area contributed by atoms with Crippen molar-refractivity contribution < 1.29 is 22.8 Å². The van der Waals surface area contributed by atoms with Gasteiger partial charge in [-0.25, -0.2) is 4.98 Å². The number of Topliss-reactive ketones (excluding diaryl/α,β-unsaturated/α-hetero) is 1.